The first-order valence-electron chi connectivity index (χ1n) is 6.97. The molecule has 0 amide bonds. The predicted octanol–water partition coefficient (Wildman–Crippen LogP) is 2.05. The molecule has 1 saturated carbocycles. The summed E-state index contributed by atoms with van der Waals surface area (Å²) in [4.78, 5) is 2.44. The molecule has 2 aromatic heterocycles. The van der Waals surface area contributed by atoms with Crippen LogP contribution in [0.15, 0.2) is 36.8 Å². The van der Waals surface area contributed by atoms with Gasteiger partial charge in [-0.2, -0.15) is 10.2 Å². The third-order valence-electron chi connectivity index (χ3n) is 3.97. The highest BCUT2D eigenvalue weighted by atomic mass is 15.3. The molecule has 0 saturated heterocycles. The Morgan fingerprint density at radius 1 is 1.25 bits per heavy atom. The maximum atomic E-state index is 4.27. The Bertz CT molecular complexity index is 673. The molecule has 0 atom stereocenters. The van der Waals surface area contributed by atoms with Crippen LogP contribution >= 0.6 is 0 Å². The van der Waals surface area contributed by atoms with Gasteiger partial charge in [-0.05, 0) is 36.6 Å². The summed E-state index contributed by atoms with van der Waals surface area (Å²) in [6.45, 7) is 0.953. The normalized spacial score (nSPS) is 18.9. The van der Waals surface area contributed by atoms with Crippen LogP contribution in [0, 0.1) is 0 Å². The molecule has 5 heteroatoms. The molecule has 5 nitrogen and oxygen atoms in total. The average molecular weight is 267 g/mol. The summed E-state index contributed by atoms with van der Waals surface area (Å²) in [5.74, 6) is 0. The quantitative estimate of drug-likeness (QED) is 0.926. The molecule has 20 heavy (non-hydrogen) atoms. The van der Waals surface area contributed by atoms with E-state index in [0.29, 0.717) is 6.04 Å². The average Bonchev–Trinajstić information content (AvgIpc) is 2.99. The highest BCUT2D eigenvalue weighted by Crippen LogP contribution is 2.34. The van der Waals surface area contributed by atoms with Crippen molar-refractivity contribution in [1.82, 2.24) is 24.9 Å². The van der Waals surface area contributed by atoms with Crippen LogP contribution in [0.3, 0.4) is 0 Å². The van der Waals surface area contributed by atoms with E-state index in [1.807, 2.05) is 24.0 Å². The lowest BCUT2D eigenvalue weighted by molar-refractivity contribution is 0.409. The van der Waals surface area contributed by atoms with Crippen molar-refractivity contribution >= 4 is 11.1 Å². The van der Waals surface area contributed by atoms with Gasteiger partial charge in [0, 0.05) is 43.8 Å². The molecule has 2 aliphatic rings. The Hall–Kier alpha value is -2.30. The van der Waals surface area contributed by atoms with Gasteiger partial charge < -0.3 is 4.90 Å². The van der Waals surface area contributed by atoms with Crippen molar-refractivity contribution in [2.24, 2.45) is 7.05 Å². The van der Waals surface area contributed by atoms with Crippen LogP contribution in [0.2, 0.25) is 0 Å². The molecule has 1 aliphatic heterocycles. The van der Waals surface area contributed by atoms with Crippen LogP contribution in [0.1, 0.15) is 24.2 Å². The molecular formula is C15H17N5. The van der Waals surface area contributed by atoms with Gasteiger partial charge in [0.1, 0.15) is 0 Å². The second-order valence-corrected chi connectivity index (χ2v) is 5.47. The number of hydrogen-bond acceptors (Lipinski definition) is 3. The standard InChI is InChI=1S/C15H17N5/c1-19-15(5-7-17-19)12-8-11(14-4-6-16-18-14)9-20(10-12)13-2-3-13/h4-8,10,13H,2-3,9H2,1H3,(H,16,18). The fourth-order valence-electron chi connectivity index (χ4n) is 2.73. The minimum absolute atomic E-state index is 0.699. The van der Waals surface area contributed by atoms with Crippen LogP contribution in [0.5, 0.6) is 0 Å². The van der Waals surface area contributed by atoms with Crippen molar-refractivity contribution in [3.05, 3.63) is 48.2 Å². The summed E-state index contributed by atoms with van der Waals surface area (Å²) >= 11 is 0. The monoisotopic (exact) mass is 267 g/mol. The molecule has 4 rings (SSSR count). The van der Waals surface area contributed by atoms with Crippen molar-refractivity contribution in [3.63, 3.8) is 0 Å². The van der Waals surface area contributed by atoms with Gasteiger partial charge in [0.25, 0.3) is 0 Å². The van der Waals surface area contributed by atoms with E-state index in [0.717, 1.165) is 17.9 Å². The lowest BCUT2D eigenvalue weighted by Gasteiger charge is -2.27. The molecule has 3 heterocycles. The number of nitrogens with zero attached hydrogens (tertiary/aromatic N) is 4. The van der Waals surface area contributed by atoms with Crippen LogP contribution < -0.4 is 0 Å². The van der Waals surface area contributed by atoms with E-state index in [4.69, 9.17) is 0 Å². The topological polar surface area (TPSA) is 49.7 Å². The van der Waals surface area contributed by atoms with E-state index < -0.39 is 0 Å². The fourth-order valence-corrected chi connectivity index (χ4v) is 2.73. The molecule has 1 N–H and O–H groups in total. The lowest BCUT2D eigenvalue weighted by atomic mass is 10.0. The number of H-pyrrole nitrogens is 1. The summed E-state index contributed by atoms with van der Waals surface area (Å²) in [6, 6.07) is 4.79. The van der Waals surface area contributed by atoms with Crippen molar-refractivity contribution < 1.29 is 0 Å². The van der Waals surface area contributed by atoms with Gasteiger partial charge in [-0.1, -0.05) is 0 Å². The number of allylic oxidation sites excluding steroid dienone is 2. The van der Waals surface area contributed by atoms with E-state index in [1.54, 1.807) is 6.20 Å². The number of aromatic nitrogens is 4. The van der Waals surface area contributed by atoms with E-state index in [2.05, 4.69) is 38.5 Å². The van der Waals surface area contributed by atoms with Gasteiger partial charge in [0.15, 0.2) is 0 Å². The van der Waals surface area contributed by atoms with E-state index in [1.165, 1.54) is 24.0 Å². The third-order valence-corrected chi connectivity index (χ3v) is 3.97. The molecule has 0 aromatic carbocycles. The number of aromatic amines is 1. The van der Waals surface area contributed by atoms with Crippen LogP contribution in [-0.2, 0) is 7.05 Å². The first kappa shape index (κ1) is 11.5. The van der Waals surface area contributed by atoms with Gasteiger partial charge in [-0.15, -0.1) is 0 Å². The van der Waals surface area contributed by atoms with Gasteiger partial charge in [0.05, 0.1) is 11.4 Å². The largest absolute Gasteiger partial charge is 0.369 e. The number of aryl methyl sites for hydroxylation is 1. The summed E-state index contributed by atoms with van der Waals surface area (Å²) in [7, 11) is 1.98. The van der Waals surface area contributed by atoms with Crippen LogP contribution in [0.4, 0.5) is 0 Å². The van der Waals surface area contributed by atoms with Crippen molar-refractivity contribution in [3.8, 4) is 0 Å². The van der Waals surface area contributed by atoms with Crippen molar-refractivity contribution in [1.29, 1.82) is 0 Å². The lowest BCUT2D eigenvalue weighted by Crippen LogP contribution is -2.25. The Kier molecular flexibility index (Phi) is 2.52. The predicted molar refractivity (Wildman–Crippen MR) is 77.5 cm³/mol. The first-order chi connectivity index (χ1) is 9.81. The molecule has 1 fully saturated rings. The highest BCUT2D eigenvalue weighted by molar-refractivity contribution is 5.84. The Morgan fingerprint density at radius 2 is 2.15 bits per heavy atom. The molecular weight excluding hydrogens is 250 g/mol. The molecule has 0 unspecified atom stereocenters. The second-order valence-electron chi connectivity index (χ2n) is 5.47. The van der Waals surface area contributed by atoms with Crippen molar-refractivity contribution in [2.75, 3.05) is 6.54 Å². The smallest absolute Gasteiger partial charge is 0.0693 e. The SMILES string of the molecule is Cn1nccc1C1=CN(C2CC2)CC(c2ccn[nH]2)=C1. The van der Waals surface area contributed by atoms with Gasteiger partial charge in [-0.3, -0.25) is 9.78 Å². The minimum atomic E-state index is 0.699. The Balaban J connectivity index is 1.76. The Morgan fingerprint density at radius 3 is 2.80 bits per heavy atom. The van der Waals surface area contributed by atoms with Gasteiger partial charge >= 0.3 is 0 Å². The number of hydrogen-bond donors (Lipinski definition) is 1. The van der Waals surface area contributed by atoms with E-state index in [9.17, 15) is 0 Å². The van der Waals surface area contributed by atoms with Crippen LogP contribution in [-0.4, -0.2) is 37.5 Å². The summed E-state index contributed by atoms with van der Waals surface area (Å²) < 4.78 is 1.92. The van der Waals surface area contributed by atoms with Gasteiger partial charge in [-0.25, -0.2) is 0 Å². The zero-order valence-electron chi connectivity index (χ0n) is 11.5. The number of rotatable bonds is 3. The fraction of sp³-hybridized carbons (Fsp3) is 0.333. The van der Waals surface area contributed by atoms with E-state index in [-0.39, 0.29) is 0 Å². The zero-order valence-corrected chi connectivity index (χ0v) is 11.5. The van der Waals surface area contributed by atoms with Gasteiger partial charge in [0.2, 0.25) is 0 Å². The molecule has 0 spiro atoms. The summed E-state index contributed by atoms with van der Waals surface area (Å²) in [5.41, 5.74) is 4.75. The zero-order chi connectivity index (χ0) is 13.5. The third kappa shape index (κ3) is 1.95. The molecule has 2 aromatic rings. The second kappa shape index (κ2) is 4.37. The molecule has 102 valence electrons. The van der Waals surface area contributed by atoms with Crippen molar-refractivity contribution in [2.45, 2.75) is 18.9 Å². The molecule has 0 bridgehead atoms. The maximum absolute atomic E-state index is 4.27. The minimum Gasteiger partial charge on any atom is -0.369 e. The van der Waals surface area contributed by atoms with E-state index >= 15 is 0 Å². The summed E-state index contributed by atoms with van der Waals surface area (Å²) in [6.07, 6.45) is 10.8. The highest BCUT2D eigenvalue weighted by Gasteiger charge is 2.30. The van der Waals surface area contributed by atoms with Crippen LogP contribution in [0.25, 0.3) is 11.1 Å². The first-order valence-corrected chi connectivity index (χ1v) is 6.97. The molecule has 1 aliphatic carbocycles. The molecule has 0 radical (unpaired) electrons. The maximum Gasteiger partial charge on any atom is 0.0693 e. The summed E-state index contributed by atoms with van der Waals surface area (Å²) in [5, 5.41) is 11.4. The number of nitrogens with one attached hydrogen (secondary N) is 1. The Labute approximate surface area is 117 Å².